The van der Waals surface area contributed by atoms with Crippen molar-refractivity contribution in [2.45, 2.75) is 6.10 Å². The lowest BCUT2D eigenvalue weighted by Crippen LogP contribution is -2.37. The van der Waals surface area contributed by atoms with E-state index in [-0.39, 0.29) is 12.2 Å². The van der Waals surface area contributed by atoms with Gasteiger partial charge in [-0.3, -0.25) is 9.59 Å². The van der Waals surface area contributed by atoms with Gasteiger partial charge in [-0.2, -0.15) is 0 Å². The maximum absolute atomic E-state index is 12.8. The van der Waals surface area contributed by atoms with Gasteiger partial charge in [0, 0.05) is 12.2 Å². The summed E-state index contributed by atoms with van der Waals surface area (Å²) in [5.41, 5.74) is 0.772. The molecule has 0 aliphatic carbocycles. The number of carbonyl (C=O) groups excluding carboxylic acids is 2. The van der Waals surface area contributed by atoms with Crippen LogP contribution in [0.5, 0.6) is 11.5 Å². The maximum atomic E-state index is 12.8. The van der Waals surface area contributed by atoms with Gasteiger partial charge in [-0.25, -0.2) is 4.39 Å². The van der Waals surface area contributed by atoms with Crippen LogP contribution in [-0.4, -0.2) is 37.7 Å². The molecule has 2 aromatic rings. The smallest absolute Gasteiger partial charge is 0.313 e. The van der Waals surface area contributed by atoms with E-state index in [0.29, 0.717) is 17.1 Å². The van der Waals surface area contributed by atoms with Crippen molar-refractivity contribution in [3.63, 3.8) is 0 Å². The summed E-state index contributed by atoms with van der Waals surface area (Å²) in [5.74, 6) is -1.36. The second-order valence-corrected chi connectivity index (χ2v) is 5.30. The zero-order valence-corrected chi connectivity index (χ0v) is 14.3. The number of benzene rings is 2. The maximum Gasteiger partial charge on any atom is 0.313 e. The monoisotopic (exact) mass is 362 g/mol. The van der Waals surface area contributed by atoms with E-state index in [2.05, 4.69) is 10.6 Å². The number of hydrogen-bond acceptors (Lipinski definition) is 5. The molecule has 1 atom stereocenters. The molecule has 0 radical (unpaired) electrons. The average Bonchev–Trinajstić information content (AvgIpc) is 2.66. The molecule has 0 fully saturated rings. The highest BCUT2D eigenvalue weighted by Crippen LogP contribution is 2.29. The Balaban J connectivity index is 1.91. The molecule has 0 aromatic heterocycles. The lowest BCUT2D eigenvalue weighted by atomic mass is 10.1. The van der Waals surface area contributed by atoms with E-state index in [4.69, 9.17) is 9.47 Å². The molecule has 0 aliphatic heterocycles. The van der Waals surface area contributed by atoms with Crippen molar-refractivity contribution in [2.24, 2.45) is 0 Å². The highest BCUT2D eigenvalue weighted by atomic mass is 19.1. The second kappa shape index (κ2) is 8.82. The van der Waals surface area contributed by atoms with Crippen LogP contribution in [0.3, 0.4) is 0 Å². The number of amides is 2. The molecular formula is C18H19FN2O5. The Labute approximate surface area is 149 Å². The molecule has 0 bridgehead atoms. The highest BCUT2D eigenvalue weighted by Gasteiger charge is 2.17. The van der Waals surface area contributed by atoms with Gasteiger partial charge in [-0.15, -0.1) is 0 Å². The van der Waals surface area contributed by atoms with Gasteiger partial charge in [-0.1, -0.05) is 6.07 Å². The molecule has 0 heterocycles. The number of carbonyl (C=O) groups is 2. The van der Waals surface area contributed by atoms with Gasteiger partial charge in [0.1, 0.15) is 5.82 Å². The van der Waals surface area contributed by atoms with Crippen molar-refractivity contribution in [2.75, 3.05) is 26.1 Å². The third-order valence-electron chi connectivity index (χ3n) is 3.56. The molecule has 2 amide bonds. The number of aliphatic hydroxyl groups is 1. The molecule has 0 saturated heterocycles. The molecule has 0 spiro atoms. The Hall–Kier alpha value is -3.13. The molecule has 0 aliphatic rings. The van der Waals surface area contributed by atoms with Crippen LogP contribution in [0, 0.1) is 5.82 Å². The molecule has 1 unspecified atom stereocenters. The Morgan fingerprint density at radius 1 is 1.04 bits per heavy atom. The van der Waals surface area contributed by atoms with Crippen LogP contribution < -0.4 is 20.1 Å². The number of hydrogen-bond donors (Lipinski definition) is 3. The van der Waals surface area contributed by atoms with E-state index in [1.54, 1.807) is 18.2 Å². The van der Waals surface area contributed by atoms with Gasteiger partial charge < -0.3 is 25.2 Å². The fourth-order valence-electron chi connectivity index (χ4n) is 2.17. The minimum atomic E-state index is -1.04. The van der Waals surface area contributed by atoms with E-state index in [1.807, 2.05) is 0 Å². The van der Waals surface area contributed by atoms with Crippen molar-refractivity contribution in [3.05, 3.63) is 53.8 Å². The van der Waals surface area contributed by atoms with Crippen LogP contribution >= 0.6 is 0 Å². The Morgan fingerprint density at radius 2 is 1.69 bits per heavy atom. The van der Waals surface area contributed by atoms with E-state index in [0.717, 1.165) is 12.1 Å². The quantitative estimate of drug-likeness (QED) is 0.679. The minimum absolute atomic E-state index is 0.175. The fourth-order valence-corrected chi connectivity index (χ4v) is 2.17. The molecule has 138 valence electrons. The fraction of sp³-hybridized carbons (Fsp3) is 0.222. The average molecular weight is 362 g/mol. The first-order valence-corrected chi connectivity index (χ1v) is 7.69. The summed E-state index contributed by atoms with van der Waals surface area (Å²) in [6, 6.07) is 9.81. The summed E-state index contributed by atoms with van der Waals surface area (Å²) in [7, 11) is 2.96. The summed E-state index contributed by atoms with van der Waals surface area (Å²) >= 11 is 0. The number of aliphatic hydroxyl groups excluding tert-OH is 1. The second-order valence-electron chi connectivity index (χ2n) is 5.30. The molecule has 2 rings (SSSR count). The number of halogens is 1. The lowest BCUT2D eigenvalue weighted by molar-refractivity contribution is -0.136. The standard InChI is InChI=1S/C18H19FN2O5/c1-25-15-8-3-11(9-16(15)26-2)14(22)10-20-17(23)18(24)21-13-6-4-12(19)5-7-13/h3-9,14,22H,10H2,1-2H3,(H,20,23)(H,21,24). The number of rotatable bonds is 6. The lowest BCUT2D eigenvalue weighted by Gasteiger charge is -2.15. The summed E-state index contributed by atoms with van der Waals surface area (Å²) in [5, 5.41) is 14.8. The molecular weight excluding hydrogens is 343 g/mol. The van der Waals surface area contributed by atoms with Crippen molar-refractivity contribution in [3.8, 4) is 11.5 Å². The summed E-state index contributed by atoms with van der Waals surface area (Å²) in [6.45, 7) is -0.175. The SMILES string of the molecule is COc1ccc(C(O)CNC(=O)C(=O)Nc2ccc(F)cc2)cc1OC. The number of anilines is 1. The van der Waals surface area contributed by atoms with Crippen molar-refractivity contribution in [1.29, 1.82) is 0 Å². The number of methoxy groups -OCH3 is 2. The largest absolute Gasteiger partial charge is 0.493 e. The predicted molar refractivity (Wildman–Crippen MR) is 92.5 cm³/mol. The molecule has 26 heavy (non-hydrogen) atoms. The normalized spacial score (nSPS) is 11.4. The van der Waals surface area contributed by atoms with Crippen LogP contribution in [0.4, 0.5) is 10.1 Å². The molecule has 3 N–H and O–H groups in total. The Morgan fingerprint density at radius 3 is 2.31 bits per heavy atom. The van der Waals surface area contributed by atoms with E-state index in [9.17, 15) is 19.1 Å². The summed E-state index contributed by atoms with van der Waals surface area (Å²) < 4.78 is 23.1. The number of nitrogens with one attached hydrogen (secondary N) is 2. The Kier molecular flexibility index (Phi) is 6.51. The number of ether oxygens (including phenoxy) is 2. The third-order valence-corrected chi connectivity index (χ3v) is 3.56. The van der Waals surface area contributed by atoms with Crippen LogP contribution in [-0.2, 0) is 9.59 Å². The van der Waals surface area contributed by atoms with Gasteiger partial charge in [0.25, 0.3) is 0 Å². The van der Waals surface area contributed by atoms with E-state index < -0.39 is 23.7 Å². The van der Waals surface area contributed by atoms with Crippen molar-refractivity contribution in [1.82, 2.24) is 5.32 Å². The van der Waals surface area contributed by atoms with Crippen LogP contribution in [0.2, 0.25) is 0 Å². The summed E-state index contributed by atoms with van der Waals surface area (Å²) in [4.78, 5) is 23.6. The molecule has 0 saturated carbocycles. The van der Waals surface area contributed by atoms with Gasteiger partial charge in [0.2, 0.25) is 0 Å². The van der Waals surface area contributed by atoms with E-state index >= 15 is 0 Å². The minimum Gasteiger partial charge on any atom is -0.493 e. The zero-order chi connectivity index (χ0) is 19.1. The van der Waals surface area contributed by atoms with Crippen LogP contribution in [0.1, 0.15) is 11.7 Å². The van der Waals surface area contributed by atoms with Crippen molar-refractivity contribution < 1.29 is 28.6 Å². The third kappa shape index (κ3) is 4.93. The van der Waals surface area contributed by atoms with Gasteiger partial charge in [-0.05, 0) is 42.0 Å². The molecule has 8 heteroatoms. The topological polar surface area (TPSA) is 96.9 Å². The first-order chi connectivity index (χ1) is 12.4. The Bertz CT molecular complexity index is 780. The molecule has 7 nitrogen and oxygen atoms in total. The first kappa shape index (κ1) is 19.2. The highest BCUT2D eigenvalue weighted by molar-refractivity contribution is 6.39. The van der Waals surface area contributed by atoms with Gasteiger partial charge >= 0.3 is 11.8 Å². The molecule has 2 aromatic carbocycles. The van der Waals surface area contributed by atoms with Gasteiger partial charge in [0.05, 0.1) is 20.3 Å². The summed E-state index contributed by atoms with van der Waals surface area (Å²) in [6.07, 6.45) is -1.04. The predicted octanol–water partition coefficient (Wildman–Crippen LogP) is 1.63. The van der Waals surface area contributed by atoms with Gasteiger partial charge in [0.15, 0.2) is 11.5 Å². The first-order valence-electron chi connectivity index (χ1n) is 7.69. The van der Waals surface area contributed by atoms with Crippen LogP contribution in [0.15, 0.2) is 42.5 Å². The van der Waals surface area contributed by atoms with Crippen molar-refractivity contribution >= 4 is 17.5 Å². The van der Waals surface area contributed by atoms with E-state index in [1.165, 1.54) is 26.4 Å². The zero-order valence-electron chi connectivity index (χ0n) is 14.3. The van der Waals surface area contributed by atoms with Crippen LogP contribution in [0.25, 0.3) is 0 Å².